The number of carbonyl (C=O) groups excluding carboxylic acids is 2. The van der Waals surface area contributed by atoms with E-state index in [0.29, 0.717) is 12.0 Å². The first-order valence-electron chi connectivity index (χ1n) is 5.00. The van der Waals surface area contributed by atoms with Gasteiger partial charge in [0.15, 0.2) is 0 Å². The maximum Gasteiger partial charge on any atom is 0.368 e. The van der Waals surface area contributed by atoms with E-state index in [2.05, 4.69) is 16.4 Å². The molecule has 0 spiro atoms. The first-order valence-corrected chi connectivity index (χ1v) is 5.00. The molecule has 0 aliphatic carbocycles. The van der Waals surface area contributed by atoms with Crippen LogP contribution >= 0.6 is 0 Å². The maximum atomic E-state index is 10.4. The van der Waals surface area contributed by atoms with Crippen LogP contribution in [0.2, 0.25) is 0 Å². The fourth-order valence-corrected chi connectivity index (χ4v) is 0.670. The highest BCUT2D eigenvalue weighted by molar-refractivity contribution is 5.87. The lowest BCUT2D eigenvalue weighted by Crippen LogP contribution is -2.02. The average Bonchev–Trinajstić information content (AvgIpc) is 2.36. The molecule has 6 nitrogen and oxygen atoms in total. The van der Waals surface area contributed by atoms with E-state index >= 15 is 0 Å². The highest BCUT2D eigenvalue weighted by Crippen LogP contribution is 1.97. The van der Waals surface area contributed by atoms with Gasteiger partial charge in [-0.25, -0.2) is 9.59 Å². The van der Waals surface area contributed by atoms with Crippen LogP contribution in [0.1, 0.15) is 33.6 Å². The Bertz CT molecular complexity index is 278. The summed E-state index contributed by atoms with van der Waals surface area (Å²) in [5, 5.41) is 15.6. The lowest BCUT2D eigenvalue weighted by Gasteiger charge is -1.93. The maximum absolute atomic E-state index is 10.4. The summed E-state index contributed by atoms with van der Waals surface area (Å²) in [6.45, 7) is 8.54. The van der Waals surface area contributed by atoms with E-state index in [1.165, 1.54) is 0 Å². The minimum atomic E-state index is -0.757. The summed E-state index contributed by atoms with van der Waals surface area (Å²) in [7, 11) is 0. The van der Waals surface area contributed by atoms with Gasteiger partial charge in [0.1, 0.15) is 0 Å². The zero-order valence-electron chi connectivity index (χ0n) is 10.2. The van der Waals surface area contributed by atoms with Crippen LogP contribution in [0.15, 0.2) is 23.8 Å². The Morgan fingerprint density at radius 2 is 1.65 bits per heavy atom. The van der Waals surface area contributed by atoms with Gasteiger partial charge in [-0.3, -0.25) is 9.78 Å². The summed E-state index contributed by atoms with van der Waals surface area (Å²) in [6.07, 6.45) is 2.94. The summed E-state index contributed by atoms with van der Waals surface area (Å²) in [5.74, 6) is -1.44. The van der Waals surface area contributed by atoms with Crippen molar-refractivity contribution < 1.29 is 29.9 Å². The molecule has 0 aromatic rings. The quantitative estimate of drug-likeness (QED) is 0.449. The second kappa shape index (κ2) is 10.8. The first-order chi connectivity index (χ1) is 7.94. The normalized spacial score (nSPS) is 9.82. The van der Waals surface area contributed by atoms with E-state index < -0.39 is 11.9 Å². The Hall–Kier alpha value is -1.66. The minimum absolute atomic E-state index is 0.271. The lowest BCUT2D eigenvalue weighted by atomic mass is 10.2. The molecule has 0 aliphatic rings. The summed E-state index contributed by atoms with van der Waals surface area (Å²) in [5.41, 5.74) is 0.701. The van der Waals surface area contributed by atoms with Crippen LogP contribution < -0.4 is 0 Å². The molecule has 2 N–H and O–H groups in total. The van der Waals surface area contributed by atoms with Crippen molar-refractivity contribution in [2.75, 3.05) is 0 Å². The molecular weight excluding hydrogens is 228 g/mol. The SMILES string of the molecule is C=C(CC)C(=O)OO.CCC=C(C)C(=O)OO. The number of rotatable bonds is 4. The van der Waals surface area contributed by atoms with Crippen molar-refractivity contribution in [3.8, 4) is 0 Å². The van der Waals surface area contributed by atoms with Crippen LogP contribution in [0.5, 0.6) is 0 Å². The van der Waals surface area contributed by atoms with Gasteiger partial charge >= 0.3 is 11.9 Å². The molecule has 0 aromatic heterocycles. The van der Waals surface area contributed by atoms with Crippen molar-refractivity contribution in [2.24, 2.45) is 0 Å². The van der Waals surface area contributed by atoms with Crippen LogP contribution in [-0.2, 0) is 19.4 Å². The molecule has 0 aromatic carbocycles. The minimum Gasteiger partial charge on any atom is -0.296 e. The van der Waals surface area contributed by atoms with Gasteiger partial charge in [-0.2, -0.15) is 10.5 Å². The van der Waals surface area contributed by atoms with Gasteiger partial charge < -0.3 is 0 Å². The van der Waals surface area contributed by atoms with E-state index in [-0.39, 0.29) is 5.57 Å². The number of hydrogen-bond donors (Lipinski definition) is 2. The second-order valence-electron chi connectivity index (χ2n) is 3.01. The Labute approximate surface area is 100 Å². The first kappa shape index (κ1) is 17.7. The van der Waals surface area contributed by atoms with E-state index in [1.54, 1.807) is 19.9 Å². The summed E-state index contributed by atoms with van der Waals surface area (Å²) in [4.78, 5) is 27.4. The van der Waals surface area contributed by atoms with Crippen LogP contribution in [-0.4, -0.2) is 22.5 Å². The summed E-state index contributed by atoms with van der Waals surface area (Å²) < 4.78 is 0. The van der Waals surface area contributed by atoms with Crippen LogP contribution in [0, 0.1) is 0 Å². The van der Waals surface area contributed by atoms with Gasteiger partial charge in [-0.05, 0) is 19.8 Å². The van der Waals surface area contributed by atoms with Crippen LogP contribution in [0.25, 0.3) is 0 Å². The predicted molar refractivity (Wildman–Crippen MR) is 60.9 cm³/mol. The molecule has 0 rings (SSSR count). The third kappa shape index (κ3) is 9.28. The molecule has 0 radical (unpaired) electrons. The zero-order chi connectivity index (χ0) is 13.8. The van der Waals surface area contributed by atoms with Crippen molar-refractivity contribution in [1.29, 1.82) is 0 Å². The smallest absolute Gasteiger partial charge is 0.296 e. The molecule has 0 bridgehead atoms. The lowest BCUT2D eigenvalue weighted by molar-refractivity contribution is -0.229. The molecule has 0 amide bonds. The third-order valence-corrected chi connectivity index (χ3v) is 1.71. The fourth-order valence-electron chi connectivity index (χ4n) is 0.670. The van der Waals surface area contributed by atoms with E-state index in [9.17, 15) is 9.59 Å². The topological polar surface area (TPSA) is 93.1 Å². The molecule has 17 heavy (non-hydrogen) atoms. The molecule has 0 aliphatic heterocycles. The van der Waals surface area contributed by atoms with Crippen LogP contribution in [0.4, 0.5) is 0 Å². The van der Waals surface area contributed by atoms with Gasteiger partial charge in [0.25, 0.3) is 0 Å². The van der Waals surface area contributed by atoms with Gasteiger partial charge in [0.05, 0.1) is 0 Å². The van der Waals surface area contributed by atoms with Gasteiger partial charge in [0, 0.05) is 11.1 Å². The Morgan fingerprint density at radius 1 is 1.18 bits per heavy atom. The number of carbonyl (C=O) groups is 2. The van der Waals surface area contributed by atoms with Gasteiger partial charge in [0.2, 0.25) is 0 Å². The number of hydrogen-bond acceptors (Lipinski definition) is 6. The third-order valence-electron chi connectivity index (χ3n) is 1.71. The van der Waals surface area contributed by atoms with Crippen molar-refractivity contribution in [3.05, 3.63) is 23.8 Å². The zero-order valence-corrected chi connectivity index (χ0v) is 10.2. The molecule has 6 heteroatoms. The van der Waals surface area contributed by atoms with Gasteiger partial charge in [-0.1, -0.05) is 26.5 Å². The largest absolute Gasteiger partial charge is 0.368 e. The molecule has 0 unspecified atom stereocenters. The van der Waals surface area contributed by atoms with E-state index in [4.69, 9.17) is 10.5 Å². The second-order valence-corrected chi connectivity index (χ2v) is 3.01. The molecule has 0 saturated heterocycles. The van der Waals surface area contributed by atoms with Gasteiger partial charge in [-0.15, -0.1) is 0 Å². The summed E-state index contributed by atoms with van der Waals surface area (Å²) in [6, 6.07) is 0. The number of allylic oxidation sites excluding steroid dienone is 1. The van der Waals surface area contributed by atoms with Crippen molar-refractivity contribution in [1.82, 2.24) is 0 Å². The molecule has 98 valence electrons. The standard InChI is InChI=1S/C6H10O3.C5H8O3/c1-3-4-5(2)6(7)9-8;1-3-4(2)5(6)8-7/h4,8H,3H2,1-2H3;7H,2-3H2,1H3. The predicted octanol–water partition coefficient (Wildman–Crippen LogP) is 2.33. The fraction of sp³-hybridized carbons (Fsp3) is 0.455. The molecule has 0 fully saturated rings. The Kier molecular flexibility index (Phi) is 11.3. The highest BCUT2D eigenvalue weighted by atomic mass is 17.1. The van der Waals surface area contributed by atoms with Crippen molar-refractivity contribution >= 4 is 11.9 Å². The molecule has 0 heterocycles. The average molecular weight is 246 g/mol. The monoisotopic (exact) mass is 246 g/mol. The highest BCUT2D eigenvalue weighted by Gasteiger charge is 2.03. The van der Waals surface area contributed by atoms with E-state index in [0.717, 1.165) is 6.42 Å². The Morgan fingerprint density at radius 3 is 1.88 bits per heavy atom. The van der Waals surface area contributed by atoms with E-state index in [1.807, 2.05) is 6.92 Å². The van der Waals surface area contributed by atoms with Crippen molar-refractivity contribution in [2.45, 2.75) is 33.6 Å². The Balaban J connectivity index is 0. The van der Waals surface area contributed by atoms with Crippen LogP contribution in [0.3, 0.4) is 0 Å². The van der Waals surface area contributed by atoms with Crippen molar-refractivity contribution in [3.63, 3.8) is 0 Å². The summed E-state index contributed by atoms with van der Waals surface area (Å²) >= 11 is 0. The molecule has 0 saturated carbocycles. The molecule has 0 atom stereocenters. The molecular formula is C11H18O6.